The Morgan fingerprint density at radius 1 is 1.17 bits per heavy atom. The number of rotatable bonds is 5. The lowest BCUT2D eigenvalue weighted by Crippen LogP contribution is -2.35. The van der Waals surface area contributed by atoms with Crippen molar-refractivity contribution in [2.24, 2.45) is 0 Å². The first-order valence-electron chi connectivity index (χ1n) is 9.80. The number of aromatic nitrogens is 5. The molecular weight excluding hydrogens is 380 g/mol. The topological polar surface area (TPSA) is 97.1 Å². The first-order valence-corrected chi connectivity index (χ1v) is 9.80. The van der Waals surface area contributed by atoms with E-state index in [-0.39, 0.29) is 17.5 Å². The van der Waals surface area contributed by atoms with Gasteiger partial charge in [-0.3, -0.25) is 14.3 Å². The number of nitrogens with one attached hydrogen (secondary N) is 2. The Morgan fingerprint density at radius 2 is 1.97 bits per heavy atom. The molecule has 154 valence electrons. The summed E-state index contributed by atoms with van der Waals surface area (Å²) in [7, 11) is 0. The third kappa shape index (κ3) is 3.89. The SMILES string of the molecule is Cc1cnn(CC(C)NC(=O)c2cc3c(=O)[nH]c(-c4ccc(C)c(C)c4)nn3c2)c1. The zero-order valence-corrected chi connectivity index (χ0v) is 17.4. The van der Waals surface area contributed by atoms with Crippen LogP contribution in [0.1, 0.15) is 34.0 Å². The summed E-state index contributed by atoms with van der Waals surface area (Å²) in [6.07, 6.45) is 5.28. The number of carbonyl (C=O) groups excluding carboxylic acids is 1. The molecule has 8 heteroatoms. The number of nitrogens with zero attached hydrogens (tertiary/aromatic N) is 4. The molecule has 0 aliphatic heterocycles. The zero-order chi connectivity index (χ0) is 21.4. The molecule has 0 aliphatic carbocycles. The maximum atomic E-state index is 12.7. The Balaban J connectivity index is 1.58. The monoisotopic (exact) mass is 404 g/mol. The van der Waals surface area contributed by atoms with Gasteiger partial charge in [-0.2, -0.15) is 5.10 Å². The molecule has 3 aromatic heterocycles. The molecule has 3 heterocycles. The van der Waals surface area contributed by atoms with Crippen molar-refractivity contribution in [1.82, 2.24) is 29.7 Å². The van der Waals surface area contributed by atoms with Gasteiger partial charge >= 0.3 is 0 Å². The molecule has 8 nitrogen and oxygen atoms in total. The number of hydrogen-bond donors (Lipinski definition) is 2. The van der Waals surface area contributed by atoms with Crippen molar-refractivity contribution in [1.29, 1.82) is 0 Å². The van der Waals surface area contributed by atoms with Crippen molar-refractivity contribution >= 4 is 11.4 Å². The smallest absolute Gasteiger partial charge is 0.275 e. The van der Waals surface area contributed by atoms with Gasteiger partial charge in [0.05, 0.1) is 18.3 Å². The van der Waals surface area contributed by atoms with Gasteiger partial charge in [-0.05, 0) is 56.5 Å². The molecule has 0 radical (unpaired) electrons. The minimum atomic E-state index is -0.294. The van der Waals surface area contributed by atoms with Gasteiger partial charge in [0.15, 0.2) is 5.82 Å². The molecule has 4 rings (SSSR count). The first-order chi connectivity index (χ1) is 14.3. The maximum Gasteiger partial charge on any atom is 0.275 e. The highest BCUT2D eigenvalue weighted by atomic mass is 16.2. The van der Waals surface area contributed by atoms with Gasteiger partial charge in [-0.15, -0.1) is 5.10 Å². The van der Waals surface area contributed by atoms with E-state index in [1.54, 1.807) is 23.1 Å². The fraction of sp³-hybridized carbons (Fsp3) is 0.273. The summed E-state index contributed by atoms with van der Waals surface area (Å²) in [6.45, 7) is 8.48. The average molecular weight is 404 g/mol. The fourth-order valence-electron chi connectivity index (χ4n) is 3.35. The van der Waals surface area contributed by atoms with Crippen LogP contribution in [0.2, 0.25) is 0 Å². The van der Waals surface area contributed by atoms with Crippen LogP contribution < -0.4 is 10.9 Å². The highest BCUT2D eigenvalue weighted by Crippen LogP contribution is 2.18. The quantitative estimate of drug-likeness (QED) is 0.534. The lowest BCUT2D eigenvalue weighted by atomic mass is 10.1. The van der Waals surface area contributed by atoms with Crippen molar-refractivity contribution in [2.75, 3.05) is 0 Å². The Bertz CT molecular complexity index is 1300. The Hall–Kier alpha value is -3.68. The van der Waals surface area contributed by atoms with E-state index in [2.05, 4.69) is 20.5 Å². The Kier molecular flexibility index (Phi) is 4.99. The summed E-state index contributed by atoms with van der Waals surface area (Å²) in [5.74, 6) is 0.199. The number of fused-ring (bicyclic) bond motifs is 1. The van der Waals surface area contributed by atoms with Crippen molar-refractivity contribution in [3.05, 3.63) is 75.5 Å². The number of aromatic amines is 1. The Morgan fingerprint density at radius 3 is 2.67 bits per heavy atom. The van der Waals surface area contributed by atoms with E-state index in [0.29, 0.717) is 23.4 Å². The number of H-pyrrole nitrogens is 1. The van der Waals surface area contributed by atoms with E-state index >= 15 is 0 Å². The number of carbonyl (C=O) groups is 1. The van der Waals surface area contributed by atoms with Crippen LogP contribution in [0.4, 0.5) is 0 Å². The lowest BCUT2D eigenvalue weighted by Gasteiger charge is -2.13. The standard InChI is InChI=1S/C22H24N6O2/c1-13-9-23-27(10-13)11-16(4)24-21(29)18-8-19-22(30)25-20(26-28(19)12-18)17-6-5-14(2)15(3)7-17/h5-10,12,16H,11H2,1-4H3,(H,24,29)(H,25,26,30). The molecule has 1 atom stereocenters. The molecule has 0 bridgehead atoms. The van der Waals surface area contributed by atoms with Crippen LogP contribution in [0.5, 0.6) is 0 Å². The zero-order valence-electron chi connectivity index (χ0n) is 17.4. The minimum Gasteiger partial charge on any atom is -0.348 e. The third-order valence-electron chi connectivity index (χ3n) is 5.12. The maximum absolute atomic E-state index is 12.7. The Labute approximate surface area is 173 Å². The van der Waals surface area contributed by atoms with E-state index < -0.39 is 0 Å². The van der Waals surface area contributed by atoms with Gasteiger partial charge in [0.1, 0.15) is 5.52 Å². The molecule has 1 unspecified atom stereocenters. The van der Waals surface area contributed by atoms with Gasteiger partial charge in [0.2, 0.25) is 0 Å². The summed E-state index contributed by atoms with van der Waals surface area (Å²) in [6, 6.07) is 7.32. The van der Waals surface area contributed by atoms with Crippen LogP contribution in [0.3, 0.4) is 0 Å². The van der Waals surface area contributed by atoms with Crippen LogP contribution >= 0.6 is 0 Å². The second-order valence-electron chi connectivity index (χ2n) is 7.77. The average Bonchev–Trinajstić information content (AvgIpc) is 3.30. The van der Waals surface area contributed by atoms with E-state index in [0.717, 1.165) is 16.7 Å². The molecule has 0 spiro atoms. The molecule has 1 amide bonds. The van der Waals surface area contributed by atoms with E-state index in [4.69, 9.17) is 0 Å². The van der Waals surface area contributed by atoms with Crippen molar-refractivity contribution in [2.45, 2.75) is 40.3 Å². The summed E-state index contributed by atoms with van der Waals surface area (Å²) < 4.78 is 3.25. The largest absolute Gasteiger partial charge is 0.348 e. The molecule has 2 N–H and O–H groups in total. The summed E-state index contributed by atoms with van der Waals surface area (Å²) in [5, 5.41) is 11.7. The summed E-state index contributed by atoms with van der Waals surface area (Å²) in [5.41, 5.74) is 4.58. The van der Waals surface area contributed by atoms with Crippen LogP contribution in [0.15, 0.2) is 47.7 Å². The normalized spacial score (nSPS) is 12.3. The van der Waals surface area contributed by atoms with Crippen molar-refractivity contribution < 1.29 is 4.79 Å². The molecular formula is C22H24N6O2. The van der Waals surface area contributed by atoms with Gasteiger partial charge in [0, 0.05) is 24.0 Å². The predicted molar refractivity (Wildman–Crippen MR) is 115 cm³/mol. The van der Waals surface area contributed by atoms with Crippen LogP contribution in [0.25, 0.3) is 16.9 Å². The van der Waals surface area contributed by atoms with Gasteiger partial charge in [0.25, 0.3) is 11.5 Å². The number of hydrogen-bond acceptors (Lipinski definition) is 4. The van der Waals surface area contributed by atoms with E-state index in [1.807, 2.05) is 52.1 Å². The summed E-state index contributed by atoms with van der Waals surface area (Å²) >= 11 is 0. The van der Waals surface area contributed by atoms with E-state index in [1.165, 1.54) is 10.1 Å². The number of aryl methyl sites for hydroxylation is 3. The van der Waals surface area contributed by atoms with Crippen LogP contribution in [-0.2, 0) is 6.54 Å². The second kappa shape index (κ2) is 7.62. The number of amides is 1. The predicted octanol–water partition coefficient (Wildman–Crippen LogP) is 2.63. The highest BCUT2D eigenvalue weighted by Gasteiger charge is 2.15. The van der Waals surface area contributed by atoms with Gasteiger partial charge in [-0.25, -0.2) is 4.52 Å². The highest BCUT2D eigenvalue weighted by molar-refractivity contribution is 5.95. The molecule has 0 aliphatic rings. The lowest BCUT2D eigenvalue weighted by molar-refractivity contribution is 0.0936. The number of benzene rings is 1. The third-order valence-corrected chi connectivity index (χ3v) is 5.12. The first kappa shape index (κ1) is 19.6. The van der Waals surface area contributed by atoms with Crippen molar-refractivity contribution in [3.63, 3.8) is 0 Å². The van der Waals surface area contributed by atoms with Crippen LogP contribution in [0, 0.1) is 20.8 Å². The molecule has 4 aromatic rings. The summed E-state index contributed by atoms with van der Waals surface area (Å²) in [4.78, 5) is 28.1. The minimum absolute atomic E-state index is 0.128. The van der Waals surface area contributed by atoms with Gasteiger partial charge < -0.3 is 10.3 Å². The molecule has 1 aromatic carbocycles. The molecule has 0 saturated carbocycles. The van der Waals surface area contributed by atoms with Crippen LogP contribution in [-0.4, -0.2) is 36.3 Å². The fourth-order valence-corrected chi connectivity index (χ4v) is 3.35. The molecule has 0 saturated heterocycles. The molecule has 30 heavy (non-hydrogen) atoms. The molecule has 0 fully saturated rings. The second-order valence-corrected chi connectivity index (χ2v) is 7.77. The van der Waals surface area contributed by atoms with E-state index in [9.17, 15) is 9.59 Å². The van der Waals surface area contributed by atoms with Gasteiger partial charge in [-0.1, -0.05) is 12.1 Å². The van der Waals surface area contributed by atoms with Crippen molar-refractivity contribution in [3.8, 4) is 11.4 Å².